The molecule has 0 aliphatic heterocycles. The van der Waals surface area contributed by atoms with Gasteiger partial charge in [0.15, 0.2) is 5.82 Å². The fourth-order valence-corrected chi connectivity index (χ4v) is 2.87. The maximum absolute atomic E-state index is 9.13. The topological polar surface area (TPSA) is 70.8 Å². The lowest BCUT2D eigenvalue weighted by Crippen LogP contribution is -1.99. The van der Waals surface area contributed by atoms with Crippen LogP contribution in [0.15, 0.2) is 72.8 Å². The molecule has 0 saturated carbocycles. The lowest BCUT2D eigenvalue weighted by atomic mass is 10.1. The van der Waals surface area contributed by atoms with Gasteiger partial charge >= 0.3 is 0 Å². The number of nitrogens with one attached hydrogen (secondary N) is 1. The SMILES string of the molecule is COc1cccc(-c2nc(Nc3cccc(C#N)c3)c3ccccc3n2)c1. The summed E-state index contributed by atoms with van der Waals surface area (Å²) in [6.45, 7) is 0. The standard InChI is InChI=1S/C22H16N4O/c1-27-18-9-5-7-16(13-18)21-25-20-11-3-2-10-19(20)22(26-21)24-17-8-4-6-15(12-17)14-23/h2-13H,1H3,(H,24,25,26). The van der Waals surface area contributed by atoms with Gasteiger partial charge in [0.05, 0.1) is 24.3 Å². The minimum absolute atomic E-state index is 0.589. The molecule has 0 atom stereocenters. The van der Waals surface area contributed by atoms with E-state index in [1.165, 1.54) is 0 Å². The van der Waals surface area contributed by atoms with Crippen molar-refractivity contribution in [2.75, 3.05) is 12.4 Å². The number of anilines is 2. The highest BCUT2D eigenvalue weighted by Crippen LogP contribution is 2.28. The zero-order chi connectivity index (χ0) is 18.6. The molecule has 1 N–H and O–H groups in total. The molecule has 0 radical (unpaired) electrons. The van der Waals surface area contributed by atoms with Crippen molar-refractivity contribution in [3.63, 3.8) is 0 Å². The van der Waals surface area contributed by atoms with Crippen molar-refractivity contribution in [2.24, 2.45) is 0 Å². The van der Waals surface area contributed by atoms with Crippen LogP contribution >= 0.6 is 0 Å². The van der Waals surface area contributed by atoms with Crippen molar-refractivity contribution in [3.05, 3.63) is 78.4 Å². The van der Waals surface area contributed by atoms with Crippen LogP contribution in [0, 0.1) is 11.3 Å². The fourth-order valence-electron chi connectivity index (χ4n) is 2.87. The molecule has 5 nitrogen and oxygen atoms in total. The van der Waals surface area contributed by atoms with Crippen LogP contribution in [0.2, 0.25) is 0 Å². The Balaban J connectivity index is 1.84. The first kappa shape index (κ1) is 16.6. The van der Waals surface area contributed by atoms with E-state index in [0.717, 1.165) is 27.9 Å². The molecule has 0 bridgehead atoms. The number of para-hydroxylation sites is 1. The number of hydrogen-bond donors (Lipinski definition) is 1. The zero-order valence-electron chi connectivity index (χ0n) is 14.7. The molecule has 1 aromatic heterocycles. The summed E-state index contributed by atoms with van der Waals surface area (Å²) < 4.78 is 5.31. The summed E-state index contributed by atoms with van der Waals surface area (Å²) in [6, 6.07) is 24.9. The molecule has 0 aliphatic carbocycles. The van der Waals surface area contributed by atoms with Gasteiger partial charge in [-0.1, -0.05) is 30.3 Å². The van der Waals surface area contributed by atoms with E-state index in [1.54, 1.807) is 19.2 Å². The number of aromatic nitrogens is 2. The molecule has 4 rings (SSSR count). The van der Waals surface area contributed by atoms with Gasteiger partial charge in [0.2, 0.25) is 0 Å². The summed E-state index contributed by atoms with van der Waals surface area (Å²) in [7, 11) is 1.63. The van der Waals surface area contributed by atoms with Crippen LogP contribution in [0.5, 0.6) is 5.75 Å². The summed E-state index contributed by atoms with van der Waals surface area (Å²) in [4.78, 5) is 9.43. The van der Waals surface area contributed by atoms with E-state index in [2.05, 4.69) is 11.4 Å². The first-order valence-corrected chi connectivity index (χ1v) is 8.45. The first-order chi connectivity index (χ1) is 13.3. The third-order valence-corrected chi connectivity index (χ3v) is 4.19. The third-order valence-electron chi connectivity index (χ3n) is 4.19. The van der Waals surface area contributed by atoms with Gasteiger partial charge in [-0.25, -0.2) is 9.97 Å². The summed E-state index contributed by atoms with van der Waals surface area (Å²) in [6.07, 6.45) is 0. The fraction of sp³-hybridized carbons (Fsp3) is 0.0455. The largest absolute Gasteiger partial charge is 0.497 e. The van der Waals surface area contributed by atoms with Gasteiger partial charge < -0.3 is 10.1 Å². The van der Waals surface area contributed by atoms with Crippen LogP contribution in [0.1, 0.15) is 5.56 Å². The maximum Gasteiger partial charge on any atom is 0.162 e. The van der Waals surface area contributed by atoms with Crippen LogP contribution in [-0.4, -0.2) is 17.1 Å². The maximum atomic E-state index is 9.13. The molecule has 4 aromatic rings. The second-order valence-corrected chi connectivity index (χ2v) is 5.96. The second-order valence-electron chi connectivity index (χ2n) is 5.96. The number of fused-ring (bicyclic) bond motifs is 1. The van der Waals surface area contributed by atoms with Crippen LogP contribution in [-0.2, 0) is 0 Å². The monoisotopic (exact) mass is 352 g/mol. The molecular formula is C22H16N4O. The van der Waals surface area contributed by atoms with Crippen molar-refractivity contribution in [2.45, 2.75) is 0 Å². The van der Waals surface area contributed by atoms with Crippen LogP contribution in [0.4, 0.5) is 11.5 Å². The summed E-state index contributed by atoms with van der Waals surface area (Å²) >= 11 is 0. The van der Waals surface area contributed by atoms with E-state index >= 15 is 0 Å². The normalized spacial score (nSPS) is 10.4. The molecule has 27 heavy (non-hydrogen) atoms. The molecule has 0 spiro atoms. The minimum Gasteiger partial charge on any atom is -0.497 e. The Morgan fingerprint density at radius 3 is 2.63 bits per heavy atom. The van der Waals surface area contributed by atoms with Gasteiger partial charge in [0.1, 0.15) is 11.6 Å². The van der Waals surface area contributed by atoms with Crippen molar-refractivity contribution in [3.8, 4) is 23.2 Å². The molecular weight excluding hydrogens is 336 g/mol. The number of rotatable bonds is 4. The molecule has 130 valence electrons. The lowest BCUT2D eigenvalue weighted by molar-refractivity contribution is 0.415. The average molecular weight is 352 g/mol. The summed E-state index contributed by atoms with van der Waals surface area (Å²) in [5.74, 6) is 2.04. The number of ether oxygens (including phenoxy) is 1. The van der Waals surface area contributed by atoms with Crippen LogP contribution < -0.4 is 10.1 Å². The smallest absolute Gasteiger partial charge is 0.162 e. The molecule has 5 heteroatoms. The predicted molar refractivity (Wildman–Crippen MR) is 106 cm³/mol. The summed E-state index contributed by atoms with van der Waals surface area (Å²) in [5.41, 5.74) is 3.10. The number of nitrogens with zero attached hydrogens (tertiary/aromatic N) is 3. The van der Waals surface area contributed by atoms with Crippen molar-refractivity contribution >= 4 is 22.4 Å². The highest BCUT2D eigenvalue weighted by Gasteiger charge is 2.10. The molecule has 0 fully saturated rings. The van der Waals surface area contributed by atoms with Gasteiger partial charge in [-0.3, -0.25) is 0 Å². The predicted octanol–water partition coefficient (Wildman–Crippen LogP) is 4.92. The number of methoxy groups -OCH3 is 1. The number of hydrogen-bond acceptors (Lipinski definition) is 5. The van der Waals surface area contributed by atoms with E-state index in [9.17, 15) is 0 Å². The Morgan fingerprint density at radius 2 is 1.78 bits per heavy atom. The molecule has 1 heterocycles. The minimum atomic E-state index is 0.589. The Hall–Kier alpha value is -3.91. The molecule has 0 amide bonds. The molecule has 0 aliphatic rings. The van der Waals surface area contributed by atoms with E-state index in [1.807, 2.05) is 60.7 Å². The molecule has 3 aromatic carbocycles. The third kappa shape index (κ3) is 3.42. The van der Waals surface area contributed by atoms with E-state index in [-0.39, 0.29) is 0 Å². The van der Waals surface area contributed by atoms with Gasteiger partial charge in [0, 0.05) is 16.6 Å². The Bertz CT molecular complexity index is 1160. The zero-order valence-corrected chi connectivity index (χ0v) is 14.7. The van der Waals surface area contributed by atoms with Gasteiger partial charge in [-0.2, -0.15) is 5.26 Å². The van der Waals surface area contributed by atoms with Gasteiger partial charge in [-0.05, 0) is 42.5 Å². The van der Waals surface area contributed by atoms with Crippen molar-refractivity contribution in [1.82, 2.24) is 9.97 Å². The van der Waals surface area contributed by atoms with Crippen LogP contribution in [0.3, 0.4) is 0 Å². The van der Waals surface area contributed by atoms with Crippen LogP contribution in [0.25, 0.3) is 22.3 Å². The highest BCUT2D eigenvalue weighted by atomic mass is 16.5. The van der Waals surface area contributed by atoms with E-state index in [0.29, 0.717) is 17.2 Å². The van der Waals surface area contributed by atoms with Crippen molar-refractivity contribution in [1.29, 1.82) is 5.26 Å². The van der Waals surface area contributed by atoms with Gasteiger partial charge in [0.25, 0.3) is 0 Å². The Labute approximate surface area is 156 Å². The molecule has 0 saturated heterocycles. The Kier molecular flexibility index (Phi) is 4.38. The average Bonchev–Trinajstić information content (AvgIpc) is 2.74. The van der Waals surface area contributed by atoms with E-state index in [4.69, 9.17) is 20.0 Å². The Morgan fingerprint density at radius 1 is 0.926 bits per heavy atom. The lowest BCUT2D eigenvalue weighted by Gasteiger charge is -2.12. The number of nitriles is 1. The quantitative estimate of drug-likeness (QED) is 0.564. The van der Waals surface area contributed by atoms with E-state index < -0.39 is 0 Å². The van der Waals surface area contributed by atoms with Crippen molar-refractivity contribution < 1.29 is 4.74 Å². The molecule has 0 unspecified atom stereocenters. The summed E-state index contributed by atoms with van der Waals surface area (Å²) in [5, 5.41) is 13.4. The first-order valence-electron chi connectivity index (χ1n) is 8.45. The second kappa shape index (κ2) is 7.14. The number of benzene rings is 3. The van der Waals surface area contributed by atoms with Gasteiger partial charge in [-0.15, -0.1) is 0 Å². The highest BCUT2D eigenvalue weighted by molar-refractivity contribution is 5.92.